The highest BCUT2D eigenvalue weighted by atomic mass is 32.1. The third kappa shape index (κ3) is 11.6. The standard InChI is InChI=1S/C17H30O2S3/c1-3-19-17(18)10-16(13-22)9-5-8-15(12-21)7-4-6-14(2)11-20/h5,9-10,14-15,20-22H,3-4,6-8,11-13H2,1-2H3. The van der Waals surface area contributed by atoms with Gasteiger partial charge in [0, 0.05) is 11.8 Å². The van der Waals surface area contributed by atoms with Crippen LogP contribution in [0.25, 0.3) is 0 Å². The Labute approximate surface area is 152 Å². The third-order valence-electron chi connectivity index (χ3n) is 3.45. The van der Waals surface area contributed by atoms with E-state index in [1.54, 1.807) is 6.92 Å². The lowest BCUT2D eigenvalue weighted by Crippen LogP contribution is -2.04. The van der Waals surface area contributed by atoms with E-state index in [0.717, 1.165) is 23.5 Å². The zero-order valence-electron chi connectivity index (χ0n) is 13.7. The molecule has 128 valence electrons. The van der Waals surface area contributed by atoms with E-state index in [1.165, 1.54) is 25.3 Å². The Bertz CT molecular complexity index is 354. The minimum absolute atomic E-state index is 0.303. The summed E-state index contributed by atoms with van der Waals surface area (Å²) in [6.07, 6.45) is 10.2. The van der Waals surface area contributed by atoms with E-state index in [0.29, 0.717) is 24.2 Å². The lowest BCUT2D eigenvalue weighted by Gasteiger charge is -2.13. The van der Waals surface area contributed by atoms with Crippen molar-refractivity contribution in [2.45, 2.75) is 39.5 Å². The molecule has 0 fully saturated rings. The number of hydrogen-bond donors (Lipinski definition) is 3. The number of carbonyl (C=O) groups is 1. The van der Waals surface area contributed by atoms with Crippen molar-refractivity contribution in [2.75, 3.05) is 23.9 Å². The number of ether oxygens (including phenoxy) is 1. The first-order valence-electron chi connectivity index (χ1n) is 7.93. The fraction of sp³-hybridized carbons (Fsp3) is 0.706. The number of rotatable bonds is 12. The second kappa shape index (κ2) is 14.6. The smallest absolute Gasteiger partial charge is 0.331 e. The molecule has 0 rings (SSSR count). The predicted octanol–water partition coefficient (Wildman–Crippen LogP) is 4.63. The van der Waals surface area contributed by atoms with Crippen molar-refractivity contribution in [3.05, 3.63) is 23.8 Å². The van der Waals surface area contributed by atoms with Gasteiger partial charge < -0.3 is 4.74 Å². The summed E-state index contributed by atoms with van der Waals surface area (Å²) < 4.78 is 4.91. The summed E-state index contributed by atoms with van der Waals surface area (Å²) in [6, 6.07) is 0. The summed E-state index contributed by atoms with van der Waals surface area (Å²) in [4.78, 5) is 11.4. The molecule has 0 radical (unpaired) electrons. The molecule has 0 saturated heterocycles. The molecule has 0 aliphatic carbocycles. The first-order chi connectivity index (χ1) is 10.6. The molecule has 0 aromatic carbocycles. The van der Waals surface area contributed by atoms with Gasteiger partial charge in [0.1, 0.15) is 0 Å². The second-order valence-corrected chi connectivity index (χ2v) is 6.58. The number of allylic oxidation sites excluding steroid dienone is 2. The topological polar surface area (TPSA) is 26.3 Å². The molecule has 0 spiro atoms. The van der Waals surface area contributed by atoms with Crippen LogP contribution >= 0.6 is 37.9 Å². The van der Waals surface area contributed by atoms with Gasteiger partial charge in [-0.1, -0.05) is 25.5 Å². The highest BCUT2D eigenvalue weighted by molar-refractivity contribution is 7.80. The predicted molar refractivity (Wildman–Crippen MR) is 107 cm³/mol. The van der Waals surface area contributed by atoms with Crippen molar-refractivity contribution < 1.29 is 9.53 Å². The number of hydrogen-bond acceptors (Lipinski definition) is 5. The van der Waals surface area contributed by atoms with Crippen molar-refractivity contribution >= 4 is 43.9 Å². The molecule has 0 aromatic heterocycles. The first kappa shape index (κ1) is 22.0. The Morgan fingerprint density at radius 2 is 1.91 bits per heavy atom. The summed E-state index contributed by atoms with van der Waals surface area (Å²) in [7, 11) is 0. The van der Waals surface area contributed by atoms with E-state index in [4.69, 9.17) is 4.74 Å². The molecule has 2 unspecified atom stereocenters. The molecule has 0 aromatic rings. The minimum Gasteiger partial charge on any atom is -0.463 e. The Kier molecular flexibility index (Phi) is 14.6. The van der Waals surface area contributed by atoms with Gasteiger partial charge in [-0.2, -0.15) is 37.9 Å². The summed E-state index contributed by atoms with van der Waals surface area (Å²) >= 11 is 13.0. The summed E-state index contributed by atoms with van der Waals surface area (Å²) in [5.41, 5.74) is 0.878. The van der Waals surface area contributed by atoms with Gasteiger partial charge in [0.2, 0.25) is 0 Å². The number of carbonyl (C=O) groups excluding carboxylic acids is 1. The van der Waals surface area contributed by atoms with Crippen LogP contribution in [-0.4, -0.2) is 29.8 Å². The molecule has 22 heavy (non-hydrogen) atoms. The lowest BCUT2D eigenvalue weighted by atomic mass is 9.96. The molecule has 2 nitrogen and oxygen atoms in total. The SMILES string of the molecule is CCOC(=O)C=C(C=CCC(CS)CCCC(C)CS)CS. The van der Waals surface area contributed by atoms with Crippen LogP contribution in [0.2, 0.25) is 0 Å². The lowest BCUT2D eigenvalue weighted by molar-refractivity contribution is -0.137. The maximum Gasteiger partial charge on any atom is 0.331 e. The van der Waals surface area contributed by atoms with Crippen LogP contribution in [0, 0.1) is 11.8 Å². The average molecular weight is 363 g/mol. The molecular weight excluding hydrogens is 332 g/mol. The van der Waals surface area contributed by atoms with Gasteiger partial charge in [-0.3, -0.25) is 0 Å². The second-order valence-electron chi connectivity index (χ2n) is 5.53. The molecule has 0 heterocycles. The molecule has 0 aliphatic rings. The summed E-state index contributed by atoms with van der Waals surface area (Å²) in [6.45, 7) is 4.43. The quantitative estimate of drug-likeness (QED) is 0.204. The van der Waals surface area contributed by atoms with Crippen molar-refractivity contribution in [2.24, 2.45) is 11.8 Å². The molecule has 0 bridgehead atoms. The number of thiol groups is 3. The Hall–Kier alpha value is -0.000000000000000111. The van der Waals surface area contributed by atoms with Crippen LogP contribution in [0.15, 0.2) is 23.8 Å². The zero-order chi connectivity index (χ0) is 16.8. The Morgan fingerprint density at radius 3 is 2.45 bits per heavy atom. The van der Waals surface area contributed by atoms with E-state index in [-0.39, 0.29) is 5.97 Å². The Morgan fingerprint density at radius 1 is 1.18 bits per heavy atom. The van der Waals surface area contributed by atoms with Crippen molar-refractivity contribution in [1.29, 1.82) is 0 Å². The van der Waals surface area contributed by atoms with E-state index < -0.39 is 0 Å². The van der Waals surface area contributed by atoms with Gasteiger partial charge in [-0.25, -0.2) is 4.79 Å². The zero-order valence-corrected chi connectivity index (χ0v) is 16.4. The monoisotopic (exact) mass is 362 g/mol. The third-order valence-corrected chi connectivity index (χ3v) is 4.96. The van der Waals surface area contributed by atoms with Gasteiger partial charge in [0.15, 0.2) is 0 Å². The van der Waals surface area contributed by atoms with Gasteiger partial charge in [-0.15, -0.1) is 0 Å². The molecule has 0 N–H and O–H groups in total. The van der Waals surface area contributed by atoms with Crippen molar-refractivity contribution in [3.63, 3.8) is 0 Å². The summed E-state index contributed by atoms with van der Waals surface area (Å²) in [5.74, 6) is 3.33. The van der Waals surface area contributed by atoms with Crippen molar-refractivity contribution in [1.82, 2.24) is 0 Å². The van der Waals surface area contributed by atoms with Crippen LogP contribution in [0.1, 0.15) is 39.5 Å². The van der Waals surface area contributed by atoms with E-state index >= 15 is 0 Å². The van der Waals surface area contributed by atoms with Gasteiger partial charge in [0.05, 0.1) is 6.61 Å². The highest BCUT2D eigenvalue weighted by Crippen LogP contribution is 2.18. The maximum atomic E-state index is 11.4. The van der Waals surface area contributed by atoms with Crippen LogP contribution in [0.3, 0.4) is 0 Å². The normalized spacial score (nSPS) is 15.0. The van der Waals surface area contributed by atoms with Crippen LogP contribution in [0.4, 0.5) is 0 Å². The molecule has 0 amide bonds. The maximum absolute atomic E-state index is 11.4. The van der Waals surface area contributed by atoms with E-state index in [2.05, 4.69) is 50.9 Å². The van der Waals surface area contributed by atoms with Crippen LogP contribution in [-0.2, 0) is 9.53 Å². The first-order valence-corrected chi connectivity index (χ1v) is 9.83. The van der Waals surface area contributed by atoms with Gasteiger partial charge in [-0.05, 0) is 55.1 Å². The average Bonchev–Trinajstić information content (AvgIpc) is 2.52. The largest absolute Gasteiger partial charge is 0.463 e. The molecule has 0 aliphatic heterocycles. The Balaban J connectivity index is 4.25. The van der Waals surface area contributed by atoms with E-state index in [1.807, 2.05) is 6.08 Å². The van der Waals surface area contributed by atoms with Crippen molar-refractivity contribution in [3.8, 4) is 0 Å². The van der Waals surface area contributed by atoms with E-state index in [9.17, 15) is 4.79 Å². The van der Waals surface area contributed by atoms with Gasteiger partial charge >= 0.3 is 5.97 Å². The highest BCUT2D eigenvalue weighted by Gasteiger charge is 2.07. The molecule has 2 atom stereocenters. The number of esters is 1. The van der Waals surface area contributed by atoms with Gasteiger partial charge in [0.25, 0.3) is 0 Å². The molecular formula is C17H30O2S3. The molecule has 0 saturated carbocycles. The van der Waals surface area contributed by atoms with Crippen LogP contribution < -0.4 is 0 Å². The minimum atomic E-state index is -0.303. The van der Waals surface area contributed by atoms with Crippen LogP contribution in [0.5, 0.6) is 0 Å². The fourth-order valence-corrected chi connectivity index (χ4v) is 2.73. The fourth-order valence-electron chi connectivity index (χ4n) is 2.02. The summed E-state index contributed by atoms with van der Waals surface area (Å²) in [5, 5.41) is 0. The molecule has 5 heteroatoms.